The predicted octanol–water partition coefficient (Wildman–Crippen LogP) is 3.16. The first-order valence-electron chi connectivity index (χ1n) is 8.32. The fourth-order valence-electron chi connectivity index (χ4n) is 2.58. The molecule has 0 bridgehead atoms. The van der Waals surface area contributed by atoms with Crippen LogP contribution in [0.1, 0.15) is 42.1 Å². The zero-order chi connectivity index (χ0) is 19.1. The van der Waals surface area contributed by atoms with Crippen LogP contribution >= 0.6 is 11.3 Å². The van der Waals surface area contributed by atoms with Crippen molar-refractivity contribution < 1.29 is 19.1 Å². The van der Waals surface area contributed by atoms with E-state index in [0.29, 0.717) is 5.00 Å². The minimum atomic E-state index is -0.626. The van der Waals surface area contributed by atoms with E-state index in [0.717, 1.165) is 12.0 Å². The van der Waals surface area contributed by atoms with Gasteiger partial charge in [-0.25, -0.2) is 0 Å². The van der Waals surface area contributed by atoms with Crippen molar-refractivity contribution in [1.82, 2.24) is 0 Å². The van der Waals surface area contributed by atoms with Crippen molar-refractivity contribution >= 4 is 34.1 Å². The van der Waals surface area contributed by atoms with Crippen LogP contribution in [0.3, 0.4) is 0 Å². The van der Waals surface area contributed by atoms with Gasteiger partial charge in [-0.3, -0.25) is 14.4 Å². The topological polar surface area (TPSA) is 98.5 Å². The zero-order valence-corrected chi connectivity index (χ0v) is 15.5. The van der Waals surface area contributed by atoms with Gasteiger partial charge in [0.2, 0.25) is 0 Å². The van der Waals surface area contributed by atoms with Gasteiger partial charge in [-0.05, 0) is 22.9 Å². The van der Waals surface area contributed by atoms with E-state index in [1.54, 1.807) is 5.38 Å². The Morgan fingerprint density at radius 3 is 2.50 bits per heavy atom. The lowest BCUT2D eigenvalue weighted by Gasteiger charge is -2.21. The third-order valence-electron chi connectivity index (χ3n) is 4.15. The number of hydrogen-bond acceptors (Lipinski definition) is 5. The second-order valence-electron chi connectivity index (χ2n) is 5.96. The van der Waals surface area contributed by atoms with Crippen molar-refractivity contribution in [2.45, 2.75) is 26.2 Å². The van der Waals surface area contributed by atoms with Crippen LogP contribution < -0.4 is 11.1 Å². The minimum Gasteiger partial charge on any atom is -0.455 e. The lowest BCUT2D eigenvalue weighted by molar-refractivity contribution is -0.150. The fraction of sp³-hybridized carbons (Fsp3) is 0.316. The summed E-state index contributed by atoms with van der Waals surface area (Å²) in [5, 5.41) is 4.55. The normalized spacial score (nSPS) is 12.8. The Balaban J connectivity index is 2.00. The second-order valence-corrected chi connectivity index (χ2v) is 6.87. The Morgan fingerprint density at radius 2 is 1.88 bits per heavy atom. The zero-order valence-electron chi connectivity index (χ0n) is 14.7. The third-order valence-corrected chi connectivity index (χ3v) is 4.98. The first-order chi connectivity index (χ1) is 12.4. The molecule has 1 heterocycles. The summed E-state index contributed by atoms with van der Waals surface area (Å²) in [6.45, 7) is 3.56. The summed E-state index contributed by atoms with van der Waals surface area (Å²) in [5.74, 6) is -1.94. The maximum Gasteiger partial charge on any atom is 0.314 e. The number of esters is 1. The van der Waals surface area contributed by atoms with E-state index in [1.807, 2.05) is 44.2 Å². The SMILES string of the molecule is CC[C@H](C)[C@H](C(=O)OCC(=O)Nc1sccc1C(N)=O)c1ccccc1. The molecule has 1 aromatic heterocycles. The maximum absolute atomic E-state index is 12.6. The number of carbonyl (C=O) groups is 3. The van der Waals surface area contributed by atoms with Gasteiger partial charge in [0.05, 0.1) is 11.5 Å². The maximum atomic E-state index is 12.6. The van der Waals surface area contributed by atoms with Crippen LogP contribution in [0.4, 0.5) is 5.00 Å². The number of amides is 2. The van der Waals surface area contributed by atoms with Crippen LogP contribution in [0, 0.1) is 5.92 Å². The number of benzene rings is 1. The molecule has 2 atom stereocenters. The minimum absolute atomic E-state index is 0.0757. The van der Waals surface area contributed by atoms with Gasteiger partial charge < -0.3 is 15.8 Å². The molecule has 0 spiro atoms. The molecule has 0 aliphatic carbocycles. The highest BCUT2D eigenvalue weighted by atomic mass is 32.1. The highest BCUT2D eigenvalue weighted by Crippen LogP contribution is 2.28. The summed E-state index contributed by atoms with van der Waals surface area (Å²) < 4.78 is 5.23. The van der Waals surface area contributed by atoms with Gasteiger partial charge in [-0.15, -0.1) is 11.3 Å². The van der Waals surface area contributed by atoms with Crippen LogP contribution in [0.15, 0.2) is 41.8 Å². The summed E-state index contributed by atoms with van der Waals surface area (Å²) >= 11 is 1.18. The molecule has 2 amide bonds. The number of hydrogen-bond donors (Lipinski definition) is 2. The first kappa shape index (κ1) is 19.7. The number of nitrogens with one attached hydrogen (secondary N) is 1. The van der Waals surface area contributed by atoms with Gasteiger partial charge in [0, 0.05) is 0 Å². The molecular formula is C19H22N2O4S. The average Bonchev–Trinajstić information content (AvgIpc) is 3.09. The lowest BCUT2D eigenvalue weighted by Crippen LogP contribution is -2.27. The molecule has 2 aromatic rings. The van der Waals surface area contributed by atoms with Crippen molar-refractivity contribution in [3.63, 3.8) is 0 Å². The quantitative estimate of drug-likeness (QED) is 0.693. The van der Waals surface area contributed by atoms with Gasteiger partial charge in [0.15, 0.2) is 6.61 Å². The van der Waals surface area contributed by atoms with Gasteiger partial charge in [-0.2, -0.15) is 0 Å². The summed E-state index contributed by atoms with van der Waals surface area (Å²) in [5.41, 5.74) is 6.34. The van der Waals surface area contributed by atoms with Crippen molar-refractivity contribution in [1.29, 1.82) is 0 Å². The number of anilines is 1. The van der Waals surface area contributed by atoms with Crippen LogP contribution in [-0.4, -0.2) is 24.4 Å². The molecule has 0 aliphatic rings. The van der Waals surface area contributed by atoms with E-state index in [1.165, 1.54) is 17.4 Å². The Hall–Kier alpha value is -2.67. The van der Waals surface area contributed by atoms with Gasteiger partial charge in [-0.1, -0.05) is 50.6 Å². The Labute approximate surface area is 156 Å². The van der Waals surface area contributed by atoms with Crippen LogP contribution in [-0.2, 0) is 14.3 Å². The van der Waals surface area contributed by atoms with Crippen LogP contribution in [0.2, 0.25) is 0 Å². The molecule has 2 rings (SSSR count). The number of thiophene rings is 1. The van der Waals surface area contributed by atoms with E-state index >= 15 is 0 Å². The molecule has 0 radical (unpaired) electrons. The Bertz CT molecular complexity index is 773. The molecule has 0 saturated carbocycles. The standard InChI is InChI=1S/C19H22N2O4S/c1-3-12(2)16(13-7-5-4-6-8-13)19(24)25-11-15(22)21-18-14(17(20)23)9-10-26-18/h4-10,12,16H,3,11H2,1-2H3,(H2,20,23)(H,21,22)/t12-,16-/m0/s1. The third kappa shape index (κ3) is 4.92. The number of nitrogens with two attached hydrogens (primary N) is 1. The molecule has 3 N–H and O–H groups in total. The van der Waals surface area contributed by atoms with Crippen molar-refractivity contribution in [2.75, 3.05) is 11.9 Å². The molecule has 0 unspecified atom stereocenters. The highest BCUT2D eigenvalue weighted by Gasteiger charge is 2.28. The number of ether oxygens (including phenoxy) is 1. The largest absolute Gasteiger partial charge is 0.455 e. The predicted molar refractivity (Wildman–Crippen MR) is 101 cm³/mol. The fourth-order valence-corrected chi connectivity index (χ4v) is 3.39. The summed E-state index contributed by atoms with van der Waals surface area (Å²) in [6.07, 6.45) is 0.804. The number of primary amides is 1. The smallest absolute Gasteiger partial charge is 0.314 e. The molecule has 26 heavy (non-hydrogen) atoms. The van der Waals surface area contributed by atoms with E-state index < -0.39 is 30.3 Å². The number of rotatable bonds is 8. The summed E-state index contributed by atoms with van der Waals surface area (Å²) in [4.78, 5) is 35.9. The average molecular weight is 374 g/mol. The monoisotopic (exact) mass is 374 g/mol. The Kier molecular flexibility index (Phi) is 6.91. The summed E-state index contributed by atoms with van der Waals surface area (Å²) in [6, 6.07) is 10.9. The van der Waals surface area contributed by atoms with Crippen LogP contribution in [0.25, 0.3) is 0 Å². The van der Waals surface area contributed by atoms with Crippen molar-refractivity contribution in [3.05, 3.63) is 52.9 Å². The molecule has 0 fully saturated rings. The lowest BCUT2D eigenvalue weighted by atomic mass is 9.86. The van der Waals surface area contributed by atoms with Crippen molar-refractivity contribution in [3.8, 4) is 0 Å². The highest BCUT2D eigenvalue weighted by molar-refractivity contribution is 7.14. The molecular weight excluding hydrogens is 352 g/mol. The molecule has 0 aliphatic heterocycles. The van der Waals surface area contributed by atoms with Crippen molar-refractivity contribution in [2.24, 2.45) is 11.7 Å². The molecule has 7 heteroatoms. The molecule has 1 aromatic carbocycles. The molecule has 6 nitrogen and oxygen atoms in total. The molecule has 0 saturated heterocycles. The Morgan fingerprint density at radius 1 is 1.19 bits per heavy atom. The van der Waals surface area contributed by atoms with E-state index in [9.17, 15) is 14.4 Å². The summed E-state index contributed by atoms with van der Waals surface area (Å²) in [7, 11) is 0. The van der Waals surface area contributed by atoms with Gasteiger partial charge >= 0.3 is 5.97 Å². The van der Waals surface area contributed by atoms with Crippen LogP contribution in [0.5, 0.6) is 0 Å². The van der Waals surface area contributed by atoms with E-state index in [2.05, 4.69) is 5.32 Å². The van der Waals surface area contributed by atoms with Gasteiger partial charge in [0.25, 0.3) is 11.8 Å². The molecule has 138 valence electrons. The van der Waals surface area contributed by atoms with Gasteiger partial charge in [0.1, 0.15) is 5.00 Å². The first-order valence-corrected chi connectivity index (χ1v) is 9.20. The van der Waals surface area contributed by atoms with E-state index in [4.69, 9.17) is 10.5 Å². The van der Waals surface area contributed by atoms with E-state index in [-0.39, 0.29) is 11.5 Å². The second kappa shape index (κ2) is 9.15. The number of carbonyl (C=O) groups excluding carboxylic acids is 3.